The number of furan rings is 1. The maximum absolute atomic E-state index is 13.2. The highest BCUT2D eigenvalue weighted by atomic mass is 16.5. The largest absolute Gasteiger partial charge is 0.465 e. The van der Waals surface area contributed by atoms with E-state index < -0.39 is 0 Å². The lowest BCUT2D eigenvalue weighted by Crippen LogP contribution is -2.43. The third-order valence-electron chi connectivity index (χ3n) is 5.18. The number of aromatic nitrogens is 2. The van der Waals surface area contributed by atoms with Gasteiger partial charge in [-0.1, -0.05) is 0 Å². The molecule has 2 aromatic heterocycles. The smallest absolute Gasteiger partial charge is 0.257 e. The van der Waals surface area contributed by atoms with Crippen LogP contribution in [0.1, 0.15) is 52.1 Å². The minimum absolute atomic E-state index is 0.0394. The minimum atomic E-state index is -0.285. The van der Waals surface area contributed by atoms with Gasteiger partial charge in [-0.05, 0) is 26.2 Å². The Balaban J connectivity index is 1.59. The summed E-state index contributed by atoms with van der Waals surface area (Å²) in [6, 6.07) is 0. The van der Waals surface area contributed by atoms with Gasteiger partial charge in [0.2, 0.25) is 0 Å². The Labute approximate surface area is 152 Å². The number of nitrogens with one attached hydrogen (secondary N) is 1. The molecule has 26 heavy (non-hydrogen) atoms. The zero-order chi connectivity index (χ0) is 18.1. The molecule has 0 spiro atoms. The van der Waals surface area contributed by atoms with Crippen molar-refractivity contribution < 1.29 is 13.9 Å². The fourth-order valence-electron chi connectivity index (χ4n) is 3.92. The number of ether oxygens (including phenoxy) is 1. The maximum Gasteiger partial charge on any atom is 0.257 e. The van der Waals surface area contributed by atoms with Crippen LogP contribution in [0.15, 0.2) is 16.8 Å². The molecule has 1 fully saturated rings. The molecule has 1 amide bonds. The van der Waals surface area contributed by atoms with Crippen LogP contribution in [0.5, 0.6) is 0 Å². The summed E-state index contributed by atoms with van der Waals surface area (Å²) < 4.78 is 11.8. The van der Waals surface area contributed by atoms with Crippen molar-refractivity contribution in [1.82, 2.24) is 14.9 Å². The van der Waals surface area contributed by atoms with Crippen molar-refractivity contribution in [2.75, 3.05) is 32.1 Å². The molecule has 0 aromatic carbocycles. The van der Waals surface area contributed by atoms with Gasteiger partial charge >= 0.3 is 0 Å². The van der Waals surface area contributed by atoms with Crippen LogP contribution >= 0.6 is 0 Å². The van der Waals surface area contributed by atoms with Crippen LogP contribution in [0.2, 0.25) is 0 Å². The summed E-state index contributed by atoms with van der Waals surface area (Å²) in [5.74, 6) is 2.45. The zero-order valence-electron chi connectivity index (χ0n) is 15.2. The third-order valence-corrected chi connectivity index (χ3v) is 5.18. The normalized spacial score (nSPS) is 19.9. The van der Waals surface area contributed by atoms with Crippen molar-refractivity contribution >= 4 is 11.7 Å². The van der Waals surface area contributed by atoms with Gasteiger partial charge in [-0.2, -0.15) is 0 Å². The van der Waals surface area contributed by atoms with E-state index >= 15 is 0 Å². The number of carbonyl (C=O) groups is 1. The van der Waals surface area contributed by atoms with Crippen LogP contribution in [0.3, 0.4) is 0 Å². The molecule has 1 atom stereocenters. The summed E-state index contributed by atoms with van der Waals surface area (Å²) in [6.07, 6.45) is 7.11. The van der Waals surface area contributed by atoms with Crippen LogP contribution < -0.4 is 5.32 Å². The van der Waals surface area contributed by atoms with Gasteiger partial charge in [-0.15, -0.1) is 0 Å². The number of hydrogen-bond acceptors (Lipinski definition) is 6. The molecule has 0 bridgehead atoms. The van der Waals surface area contributed by atoms with Crippen LogP contribution in [0, 0.1) is 6.92 Å². The number of morpholine rings is 1. The lowest BCUT2D eigenvalue weighted by molar-refractivity contribution is -0.0246. The molecule has 1 saturated heterocycles. The van der Waals surface area contributed by atoms with Crippen LogP contribution in [0.4, 0.5) is 5.82 Å². The summed E-state index contributed by atoms with van der Waals surface area (Å²) in [4.78, 5) is 23.8. The second-order valence-electron chi connectivity index (χ2n) is 6.79. The minimum Gasteiger partial charge on any atom is -0.465 e. The molecular formula is C19H24N4O3. The molecule has 1 aliphatic carbocycles. The molecule has 0 saturated carbocycles. The molecular weight excluding hydrogens is 332 g/mol. The first-order valence-corrected chi connectivity index (χ1v) is 9.19. The van der Waals surface area contributed by atoms with E-state index in [2.05, 4.69) is 15.3 Å². The number of aryl methyl sites for hydroxylation is 2. The van der Waals surface area contributed by atoms with Crippen LogP contribution in [0.25, 0.3) is 0 Å². The highest BCUT2D eigenvalue weighted by molar-refractivity contribution is 5.97. The summed E-state index contributed by atoms with van der Waals surface area (Å²) in [7, 11) is 1.81. The Morgan fingerprint density at radius 3 is 2.92 bits per heavy atom. The van der Waals surface area contributed by atoms with Crippen LogP contribution in [-0.2, 0) is 17.6 Å². The summed E-state index contributed by atoms with van der Waals surface area (Å²) >= 11 is 0. The fraction of sp³-hybridized carbons (Fsp3) is 0.526. The predicted molar refractivity (Wildman–Crippen MR) is 96.3 cm³/mol. The van der Waals surface area contributed by atoms with Crippen molar-refractivity contribution in [3.8, 4) is 0 Å². The number of nitrogens with zero attached hydrogens (tertiary/aromatic N) is 3. The van der Waals surface area contributed by atoms with Crippen molar-refractivity contribution in [2.45, 2.75) is 38.7 Å². The Bertz CT molecular complexity index is 817. The number of carbonyl (C=O) groups excluding carboxylic acids is 1. The average Bonchev–Trinajstić information content (AvgIpc) is 3.03. The van der Waals surface area contributed by atoms with Gasteiger partial charge in [0.25, 0.3) is 5.91 Å². The second-order valence-corrected chi connectivity index (χ2v) is 6.79. The van der Waals surface area contributed by atoms with E-state index in [4.69, 9.17) is 9.15 Å². The SMILES string of the molecule is CNc1nccnc1C1CN(C(=O)c2c(C)oc3c2CCCC3)CCO1. The predicted octanol–water partition coefficient (Wildman–Crippen LogP) is 2.51. The second kappa shape index (κ2) is 7.07. The first kappa shape index (κ1) is 17.0. The van der Waals surface area contributed by atoms with Crippen molar-refractivity contribution in [3.05, 3.63) is 40.7 Å². The first-order chi connectivity index (χ1) is 12.7. The monoisotopic (exact) mass is 356 g/mol. The molecule has 1 aliphatic heterocycles. The molecule has 1 N–H and O–H groups in total. The summed E-state index contributed by atoms with van der Waals surface area (Å²) in [5.41, 5.74) is 2.60. The van der Waals surface area contributed by atoms with Crippen LogP contribution in [-0.4, -0.2) is 47.5 Å². The van der Waals surface area contributed by atoms with Gasteiger partial charge in [0.05, 0.1) is 18.7 Å². The van der Waals surface area contributed by atoms with Gasteiger partial charge in [0.15, 0.2) is 0 Å². The zero-order valence-corrected chi connectivity index (χ0v) is 15.2. The maximum atomic E-state index is 13.2. The van der Waals surface area contributed by atoms with E-state index in [1.807, 2.05) is 11.8 Å². The van der Waals surface area contributed by atoms with E-state index in [9.17, 15) is 4.79 Å². The molecule has 7 heteroatoms. The number of hydrogen-bond donors (Lipinski definition) is 1. The van der Waals surface area contributed by atoms with E-state index in [1.54, 1.807) is 19.4 Å². The third kappa shape index (κ3) is 2.96. The Kier molecular flexibility index (Phi) is 4.63. The van der Waals surface area contributed by atoms with E-state index in [0.717, 1.165) is 54.0 Å². The molecule has 3 heterocycles. The van der Waals surface area contributed by atoms with E-state index in [0.29, 0.717) is 25.5 Å². The van der Waals surface area contributed by atoms with Gasteiger partial charge in [0.1, 0.15) is 29.1 Å². The molecule has 0 radical (unpaired) electrons. The Morgan fingerprint density at radius 1 is 1.27 bits per heavy atom. The van der Waals surface area contributed by atoms with Gasteiger partial charge in [-0.3, -0.25) is 9.78 Å². The first-order valence-electron chi connectivity index (χ1n) is 9.19. The van der Waals surface area contributed by atoms with Crippen molar-refractivity contribution in [3.63, 3.8) is 0 Å². The van der Waals surface area contributed by atoms with Gasteiger partial charge in [0, 0.05) is 38.0 Å². The lowest BCUT2D eigenvalue weighted by atomic mass is 9.94. The molecule has 138 valence electrons. The number of fused-ring (bicyclic) bond motifs is 1. The van der Waals surface area contributed by atoms with Crippen molar-refractivity contribution in [2.24, 2.45) is 0 Å². The Hall–Kier alpha value is -2.41. The molecule has 1 unspecified atom stereocenters. The van der Waals surface area contributed by atoms with E-state index in [-0.39, 0.29) is 12.0 Å². The molecule has 4 rings (SSSR count). The van der Waals surface area contributed by atoms with Crippen molar-refractivity contribution in [1.29, 1.82) is 0 Å². The average molecular weight is 356 g/mol. The fourth-order valence-corrected chi connectivity index (χ4v) is 3.92. The van der Waals surface area contributed by atoms with Gasteiger partial charge < -0.3 is 19.4 Å². The Morgan fingerprint density at radius 2 is 2.08 bits per heavy atom. The van der Waals surface area contributed by atoms with E-state index in [1.165, 1.54) is 0 Å². The highest BCUT2D eigenvalue weighted by Crippen LogP contribution is 2.32. The number of amides is 1. The topological polar surface area (TPSA) is 80.5 Å². The number of rotatable bonds is 3. The molecule has 7 nitrogen and oxygen atoms in total. The standard InChI is InChI=1S/C19H24N4O3/c1-12-16(13-5-3-4-6-14(13)26-12)19(24)23-9-10-25-15(11-23)17-18(20-2)22-8-7-21-17/h7-8,15H,3-6,9-11H2,1-2H3,(H,20,22). The summed E-state index contributed by atoms with van der Waals surface area (Å²) in [5, 5.41) is 3.04. The quantitative estimate of drug-likeness (QED) is 0.910. The molecule has 2 aromatic rings. The summed E-state index contributed by atoms with van der Waals surface area (Å²) in [6.45, 7) is 3.41. The highest BCUT2D eigenvalue weighted by Gasteiger charge is 2.33. The molecule has 2 aliphatic rings. The van der Waals surface area contributed by atoms with Gasteiger partial charge in [-0.25, -0.2) is 4.98 Å². The number of anilines is 1. The lowest BCUT2D eigenvalue weighted by Gasteiger charge is -2.33.